The number of anilines is 1. The largest absolute Gasteiger partial charge is 0.461 e. The van der Waals surface area contributed by atoms with Gasteiger partial charge in [-0.1, -0.05) is 0 Å². The number of carbonyl (C=O) groups excluding carboxylic acids is 1. The summed E-state index contributed by atoms with van der Waals surface area (Å²) in [7, 11) is 0. The van der Waals surface area contributed by atoms with E-state index in [1.165, 1.54) is 0 Å². The Bertz CT molecular complexity index is 1130. The van der Waals surface area contributed by atoms with E-state index in [0.29, 0.717) is 6.20 Å². The molecule has 3 N–H and O–H groups in total. The van der Waals surface area contributed by atoms with Crippen LogP contribution in [0.2, 0.25) is 0 Å². The summed E-state index contributed by atoms with van der Waals surface area (Å²) in [5.41, 5.74) is 0.675. The number of nitrogens with two attached hydrogens (primary N) is 1. The number of aliphatic imine (C=N–C) groups is 1. The zero-order valence-corrected chi connectivity index (χ0v) is 17.0. The van der Waals surface area contributed by atoms with E-state index in [1.54, 1.807) is 0 Å². The van der Waals surface area contributed by atoms with Gasteiger partial charge in [-0.3, -0.25) is 9.78 Å². The Morgan fingerprint density at radius 3 is 2.50 bits per heavy atom. The van der Waals surface area contributed by atoms with E-state index in [4.69, 9.17) is 10.5 Å². The van der Waals surface area contributed by atoms with Crippen LogP contribution in [0.15, 0.2) is 35.6 Å². The molecular weight excluding hydrogens is 475 g/mol. The first-order valence-electron chi connectivity index (χ1n) is 9.82. The van der Waals surface area contributed by atoms with Gasteiger partial charge in [-0.05, 0) is 18.2 Å². The molecule has 4 rings (SSSR count). The Morgan fingerprint density at radius 2 is 1.88 bits per heavy atom. The van der Waals surface area contributed by atoms with Crippen molar-refractivity contribution >= 4 is 17.6 Å². The molecule has 14 heteroatoms. The van der Waals surface area contributed by atoms with E-state index < -0.39 is 78.2 Å². The zero-order valence-electron chi connectivity index (χ0n) is 17.0. The van der Waals surface area contributed by atoms with Crippen LogP contribution in [0.25, 0.3) is 0 Å². The van der Waals surface area contributed by atoms with E-state index in [1.807, 2.05) is 0 Å². The molecule has 0 bridgehead atoms. The van der Waals surface area contributed by atoms with Crippen molar-refractivity contribution in [1.29, 1.82) is 0 Å². The normalized spacial score (nSPS) is 25.6. The number of benzene rings is 1. The van der Waals surface area contributed by atoms with Crippen molar-refractivity contribution in [2.24, 2.45) is 16.6 Å². The number of amides is 1. The van der Waals surface area contributed by atoms with E-state index in [9.17, 15) is 35.5 Å². The molecule has 1 aliphatic heterocycles. The van der Waals surface area contributed by atoms with Crippen LogP contribution in [0.3, 0.4) is 0 Å². The van der Waals surface area contributed by atoms with Gasteiger partial charge in [0, 0.05) is 30.0 Å². The first-order valence-corrected chi connectivity index (χ1v) is 9.82. The molecule has 1 aromatic heterocycles. The monoisotopic (exact) mass is 491 g/mol. The predicted octanol–water partition coefficient (Wildman–Crippen LogP) is 4.02. The molecule has 2 aliphatic rings. The van der Waals surface area contributed by atoms with E-state index in [2.05, 4.69) is 20.3 Å². The molecule has 1 amide bonds. The van der Waals surface area contributed by atoms with Gasteiger partial charge >= 0.3 is 0 Å². The van der Waals surface area contributed by atoms with Crippen LogP contribution in [-0.4, -0.2) is 40.3 Å². The maximum Gasteiger partial charge on any atom is 0.283 e. The highest BCUT2D eigenvalue weighted by atomic mass is 19.3. The van der Waals surface area contributed by atoms with E-state index >= 15 is 0 Å². The fourth-order valence-electron chi connectivity index (χ4n) is 4.24. The van der Waals surface area contributed by atoms with Crippen LogP contribution in [-0.2, 0) is 10.3 Å². The fraction of sp³-hybridized carbons (Fsp3) is 0.400. The molecule has 0 saturated heterocycles. The summed E-state index contributed by atoms with van der Waals surface area (Å²) in [6, 6.07) is 1.83. The van der Waals surface area contributed by atoms with Crippen molar-refractivity contribution < 1.29 is 40.3 Å². The Labute approximate surface area is 187 Å². The van der Waals surface area contributed by atoms with Gasteiger partial charge in [-0.15, -0.1) is 0 Å². The first-order chi connectivity index (χ1) is 15.9. The maximum atomic E-state index is 14.8. The van der Waals surface area contributed by atoms with Crippen molar-refractivity contribution in [1.82, 2.24) is 9.97 Å². The molecular formula is C20H16F7N5O2. The molecule has 2 heterocycles. The second kappa shape index (κ2) is 8.40. The summed E-state index contributed by atoms with van der Waals surface area (Å²) in [4.78, 5) is 22.9. The van der Waals surface area contributed by atoms with Crippen molar-refractivity contribution in [2.75, 3.05) is 5.32 Å². The number of halogens is 7. The number of hydrogen-bond acceptors (Lipinski definition) is 6. The SMILES string of the molecule is NC1=NC(c2cc(NC(=O)c3cnc(C(F)F)cn3)ccc2F)(C(F)F)C2CC(F)(F)C[C@@H]2O1. The van der Waals surface area contributed by atoms with Gasteiger partial charge in [0.25, 0.3) is 30.7 Å². The second-order valence-electron chi connectivity index (χ2n) is 7.88. The van der Waals surface area contributed by atoms with Gasteiger partial charge in [0.1, 0.15) is 23.3 Å². The number of nitrogens with one attached hydrogen (secondary N) is 1. The van der Waals surface area contributed by atoms with Crippen molar-refractivity contribution in [3.8, 4) is 0 Å². The molecule has 182 valence electrons. The summed E-state index contributed by atoms with van der Waals surface area (Å²) in [5.74, 6) is -7.12. The van der Waals surface area contributed by atoms with E-state index in [0.717, 1.165) is 24.4 Å². The molecule has 2 aromatic rings. The molecule has 2 unspecified atom stereocenters. The fourth-order valence-corrected chi connectivity index (χ4v) is 4.24. The van der Waals surface area contributed by atoms with Crippen LogP contribution in [0.5, 0.6) is 0 Å². The summed E-state index contributed by atoms with van der Waals surface area (Å²) < 4.78 is 102. The molecule has 1 aromatic carbocycles. The minimum atomic E-state index is -3.45. The highest BCUT2D eigenvalue weighted by molar-refractivity contribution is 6.02. The van der Waals surface area contributed by atoms with Crippen LogP contribution in [0.4, 0.5) is 36.4 Å². The molecule has 0 spiro atoms. The maximum absolute atomic E-state index is 14.8. The molecule has 7 nitrogen and oxygen atoms in total. The van der Waals surface area contributed by atoms with Gasteiger partial charge < -0.3 is 15.8 Å². The molecule has 1 saturated carbocycles. The summed E-state index contributed by atoms with van der Waals surface area (Å²) in [5, 5.41) is 2.26. The topological polar surface area (TPSA) is 102 Å². The first kappa shape index (κ1) is 23.7. The van der Waals surface area contributed by atoms with Crippen LogP contribution >= 0.6 is 0 Å². The van der Waals surface area contributed by atoms with Gasteiger partial charge in [0.05, 0.1) is 12.4 Å². The van der Waals surface area contributed by atoms with Gasteiger partial charge in [0.2, 0.25) is 0 Å². The third-order valence-corrected chi connectivity index (χ3v) is 5.72. The smallest absolute Gasteiger partial charge is 0.283 e. The van der Waals surface area contributed by atoms with E-state index in [-0.39, 0.29) is 11.4 Å². The number of hydrogen-bond donors (Lipinski definition) is 2. The summed E-state index contributed by atoms with van der Waals surface area (Å²) >= 11 is 0. The number of ether oxygens (including phenoxy) is 1. The Kier molecular flexibility index (Phi) is 5.85. The molecule has 0 radical (unpaired) electrons. The quantitative estimate of drug-likeness (QED) is 0.616. The number of aromatic nitrogens is 2. The predicted molar refractivity (Wildman–Crippen MR) is 103 cm³/mol. The Morgan fingerprint density at radius 1 is 1.15 bits per heavy atom. The zero-order chi connectivity index (χ0) is 24.8. The second-order valence-corrected chi connectivity index (χ2v) is 7.88. The third kappa shape index (κ3) is 4.12. The lowest BCUT2D eigenvalue weighted by molar-refractivity contribution is -0.0392. The van der Waals surface area contributed by atoms with Crippen molar-refractivity contribution in [2.45, 2.75) is 43.3 Å². The highest BCUT2D eigenvalue weighted by Crippen LogP contribution is 2.55. The average molecular weight is 491 g/mol. The lowest BCUT2D eigenvalue weighted by Gasteiger charge is -2.41. The molecule has 34 heavy (non-hydrogen) atoms. The van der Waals surface area contributed by atoms with Crippen LogP contribution in [0, 0.1) is 11.7 Å². The molecule has 1 aliphatic carbocycles. The number of rotatable bonds is 5. The summed E-state index contributed by atoms with van der Waals surface area (Å²) in [6.07, 6.45) is -8.27. The number of nitrogens with zero attached hydrogens (tertiary/aromatic N) is 3. The van der Waals surface area contributed by atoms with Crippen molar-refractivity contribution in [3.63, 3.8) is 0 Å². The highest BCUT2D eigenvalue weighted by Gasteiger charge is 2.63. The Hall–Kier alpha value is -3.45. The lowest BCUT2D eigenvalue weighted by atomic mass is 9.75. The van der Waals surface area contributed by atoms with Gasteiger partial charge in [-0.25, -0.2) is 40.7 Å². The Balaban J connectivity index is 1.71. The van der Waals surface area contributed by atoms with Crippen molar-refractivity contribution in [3.05, 3.63) is 53.4 Å². The number of carbonyl (C=O) groups is 1. The molecule has 3 atom stereocenters. The minimum absolute atomic E-state index is 0.206. The van der Waals surface area contributed by atoms with Gasteiger partial charge in [-0.2, -0.15) is 0 Å². The number of amidine groups is 1. The average Bonchev–Trinajstić information content (AvgIpc) is 3.08. The third-order valence-electron chi connectivity index (χ3n) is 5.72. The minimum Gasteiger partial charge on any atom is -0.461 e. The number of fused-ring (bicyclic) bond motifs is 1. The summed E-state index contributed by atoms with van der Waals surface area (Å²) in [6.45, 7) is 0. The van der Waals surface area contributed by atoms with Crippen LogP contribution in [0.1, 0.15) is 41.0 Å². The lowest BCUT2D eigenvalue weighted by Crippen LogP contribution is -2.51. The van der Waals surface area contributed by atoms with Gasteiger partial charge in [0.15, 0.2) is 5.54 Å². The van der Waals surface area contributed by atoms with Crippen LogP contribution < -0.4 is 11.1 Å². The number of alkyl halides is 6. The molecule has 1 fully saturated rings. The standard InChI is InChI=1S/C20H16F7N5O2/c21-11-2-1-8(31-16(33)13-7-29-12(6-30-13)15(22)23)3-9(11)20(17(24)25)10-4-19(26,27)5-14(10)34-18(28)32-20/h1-3,6-7,10,14-15,17H,4-5H2,(H2,28,32)(H,31,33)/t10?,14-,20?/m0/s1.